The molecule has 0 aliphatic carbocycles. The van der Waals surface area contributed by atoms with E-state index in [1.807, 2.05) is 6.07 Å². The fraction of sp³-hybridized carbons (Fsp3) is 0.250. The fourth-order valence-electron chi connectivity index (χ4n) is 1.67. The van der Waals surface area contributed by atoms with Gasteiger partial charge in [-0.25, -0.2) is 4.98 Å². The van der Waals surface area contributed by atoms with Crippen molar-refractivity contribution in [3.63, 3.8) is 0 Å². The molecule has 15 heavy (non-hydrogen) atoms. The van der Waals surface area contributed by atoms with Crippen molar-refractivity contribution in [1.82, 2.24) is 4.98 Å². The summed E-state index contributed by atoms with van der Waals surface area (Å²) in [4.78, 5) is 4.34. The zero-order valence-corrected chi connectivity index (χ0v) is 11.5. The summed E-state index contributed by atoms with van der Waals surface area (Å²) in [6.45, 7) is 4.34. The highest BCUT2D eigenvalue weighted by atomic mass is 127. The van der Waals surface area contributed by atoms with E-state index >= 15 is 0 Å². The molecule has 1 heterocycles. The van der Waals surface area contributed by atoms with Crippen LogP contribution < -0.4 is 0 Å². The first-order valence-electron chi connectivity index (χ1n) is 4.83. The Bertz CT molecular complexity index is 503. The maximum Gasteiger partial charge on any atom is 0.130 e. The maximum absolute atomic E-state index is 6.01. The molecular formula is C12H11ClIN. The van der Waals surface area contributed by atoms with Crippen LogP contribution in [-0.2, 0) is 0 Å². The minimum atomic E-state index is 0.466. The van der Waals surface area contributed by atoms with Gasteiger partial charge in [-0.1, -0.05) is 31.5 Å². The molecule has 1 aromatic heterocycles. The Hall–Kier alpha value is -0.350. The second kappa shape index (κ2) is 4.26. The van der Waals surface area contributed by atoms with Gasteiger partial charge in [0.1, 0.15) is 5.15 Å². The van der Waals surface area contributed by atoms with Crippen LogP contribution in [0.2, 0.25) is 5.15 Å². The van der Waals surface area contributed by atoms with Crippen LogP contribution in [0.3, 0.4) is 0 Å². The van der Waals surface area contributed by atoms with Gasteiger partial charge in [0.2, 0.25) is 0 Å². The summed E-state index contributed by atoms with van der Waals surface area (Å²) in [6.07, 6.45) is 0. The Morgan fingerprint density at radius 1 is 1.27 bits per heavy atom. The summed E-state index contributed by atoms with van der Waals surface area (Å²) < 4.78 is 1.18. The first-order chi connectivity index (χ1) is 7.08. The molecule has 0 N–H and O–H groups in total. The van der Waals surface area contributed by atoms with Crippen molar-refractivity contribution < 1.29 is 0 Å². The van der Waals surface area contributed by atoms with E-state index in [1.54, 1.807) is 0 Å². The lowest BCUT2D eigenvalue weighted by Crippen LogP contribution is -1.92. The number of pyridine rings is 1. The number of rotatable bonds is 1. The zero-order valence-electron chi connectivity index (χ0n) is 8.59. The van der Waals surface area contributed by atoms with E-state index in [9.17, 15) is 0 Å². The normalized spacial score (nSPS) is 11.3. The van der Waals surface area contributed by atoms with Crippen molar-refractivity contribution in [2.75, 3.05) is 0 Å². The van der Waals surface area contributed by atoms with Gasteiger partial charge in [0, 0.05) is 8.96 Å². The maximum atomic E-state index is 6.01. The third kappa shape index (κ3) is 2.26. The van der Waals surface area contributed by atoms with Crippen molar-refractivity contribution in [3.8, 4) is 0 Å². The van der Waals surface area contributed by atoms with Crippen molar-refractivity contribution in [1.29, 1.82) is 0 Å². The third-order valence-corrected chi connectivity index (χ3v) is 3.26. The molecule has 0 radical (unpaired) electrons. The third-order valence-electron chi connectivity index (χ3n) is 2.39. The Labute approximate surface area is 108 Å². The monoisotopic (exact) mass is 331 g/mol. The molecule has 0 aliphatic rings. The molecule has 2 aromatic rings. The van der Waals surface area contributed by atoms with Gasteiger partial charge in [0.25, 0.3) is 0 Å². The van der Waals surface area contributed by atoms with Gasteiger partial charge in [0.15, 0.2) is 0 Å². The number of halogens is 2. The zero-order chi connectivity index (χ0) is 11.0. The molecular weight excluding hydrogens is 320 g/mol. The number of benzene rings is 1. The van der Waals surface area contributed by atoms with Gasteiger partial charge < -0.3 is 0 Å². The molecule has 0 bridgehead atoms. The largest absolute Gasteiger partial charge is 0.236 e. The molecule has 0 aliphatic heterocycles. The molecule has 0 amide bonds. The Morgan fingerprint density at radius 2 is 2.00 bits per heavy atom. The second-order valence-electron chi connectivity index (χ2n) is 3.85. The van der Waals surface area contributed by atoms with Crippen molar-refractivity contribution in [2.24, 2.45) is 0 Å². The SMILES string of the molecule is CC(C)c1cc(Cl)nc2cc(I)ccc12. The van der Waals surface area contributed by atoms with E-state index in [-0.39, 0.29) is 0 Å². The molecule has 0 saturated heterocycles. The average molecular weight is 332 g/mol. The molecule has 0 fully saturated rings. The van der Waals surface area contributed by atoms with Gasteiger partial charge in [0.05, 0.1) is 5.52 Å². The predicted octanol–water partition coefficient (Wildman–Crippen LogP) is 4.62. The number of hydrogen-bond donors (Lipinski definition) is 0. The highest BCUT2D eigenvalue weighted by Gasteiger charge is 2.08. The first kappa shape index (κ1) is 11.1. The summed E-state index contributed by atoms with van der Waals surface area (Å²) in [5, 5.41) is 1.78. The smallest absolute Gasteiger partial charge is 0.130 e. The number of fused-ring (bicyclic) bond motifs is 1. The van der Waals surface area contributed by atoms with Gasteiger partial charge in [-0.3, -0.25) is 0 Å². The van der Waals surface area contributed by atoms with Gasteiger partial charge >= 0.3 is 0 Å². The van der Waals surface area contributed by atoms with Crippen molar-refractivity contribution in [2.45, 2.75) is 19.8 Å². The van der Waals surface area contributed by atoms with E-state index in [1.165, 1.54) is 14.5 Å². The minimum Gasteiger partial charge on any atom is -0.236 e. The quantitative estimate of drug-likeness (QED) is 0.549. The van der Waals surface area contributed by atoms with Gasteiger partial charge in [-0.15, -0.1) is 0 Å². The van der Waals surface area contributed by atoms with Crippen molar-refractivity contribution >= 4 is 45.1 Å². The lowest BCUT2D eigenvalue weighted by molar-refractivity contribution is 0.874. The van der Waals surface area contributed by atoms with Crippen molar-refractivity contribution in [3.05, 3.63) is 38.6 Å². The van der Waals surface area contributed by atoms with Crippen LogP contribution in [0.15, 0.2) is 24.3 Å². The number of nitrogens with zero attached hydrogens (tertiary/aromatic N) is 1. The first-order valence-corrected chi connectivity index (χ1v) is 6.29. The van der Waals surface area contributed by atoms with E-state index in [0.29, 0.717) is 11.1 Å². The molecule has 0 spiro atoms. The number of hydrogen-bond acceptors (Lipinski definition) is 1. The van der Waals surface area contributed by atoms with Crippen LogP contribution >= 0.6 is 34.2 Å². The molecule has 3 heteroatoms. The fourth-order valence-corrected chi connectivity index (χ4v) is 2.36. The molecule has 1 aromatic carbocycles. The van der Waals surface area contributed by atoms with Crippen LogP contribution in [0, 0.1) is 3.57 Å². The lowest BCUT2D eigenvalue weighted by Gasteiger charge is -2.10. The molecule has 78 valence electrons. The Balaban J connectivity index is 2.80. The standard InChI is InChI=1S/C12H11ClIN/c1-7(2)10-6-12(13)15-11-5-8(14)3-4-9(10)11/h3-7H,1-2H3. The van der Waals surface area contributed by atoms with Crippen LogP contribution in [0.1, 0.15) is 25.3 Å². The van der Waals surface area contributed by atoms with Gasteiger partial charge in [-0.2, -0.15) is 0 Å². The predicted molar refractivity (Wildman–Crippen MR) is 73.6 cm³/mol. The number of aromatic nitrogens is 1. The Kier molecular flexibility index (Phi) is 3.16. The topological polar surface area (TPSA) is 12.9 Å². The molecule has 0 atom stereocenters. The van der Waals surface area contributed by atoms with E-state index in [0.717, 1.165) is 5.52 Å². The van der Waals surface area contributed by atoms with E-state index in [2.05, 4.69) is 59.6 Å². The van der Waals surface area contributed by atoms with E-state index < -0.39 is 0 Å². The molecule has 2 rings (SSSR count). The van der Waals surface area contributed by atoms with Crippen LogP contribution in [0.5, 0.6) is 0 Å². The second-order valence-corrected chi connectivity index (χ2v) is 5.48. The molecule has 1 nitrogen and oxygen atoms in total. The Morgan fingerprint density at radius 3 is 2.67 bits per heavy atom. The highest BCUT2D eigenvalue weighted by Crippen LogP contribution is 2.27. The molecule has 0 unspecified atom stereocenters. The van der Waals surface area contributed by atoms with Crippen LogP contribution in [0.4, 0.5) is 0 Å². The summed E-state index contributed by atoms with van der Waals surface area (Å²) in [7, 11) is 0. The summed E-state index contributed by atoms with van der Waals surface area (Å²) in [5.74, 6) is 0.466. The summed E-state index contributed by atoms with van der Waals surface area (Å²) in [6, 6.07) is 8.25. The lowest BCUT2D eigenvalue weighted by atomic mass is 9.99. The molecule has 0 saturated carbocycles. The highest BCUT2D eigenvalue weighted by molar-refractivity contribution is 14.1. The minimum absolute atomic E-state index is 0.466. The van der Waals surface area contributed by atoms with Gasteiger partial charge in [-0.05, 0) is 52.3 Å². The van der Waals surface area contributed by atoms with Crippen LogP contribution in [0.25, 0.3) is 10.9 Å². The summed E-state index contributed by atoms with van der Waals surface area (Å²) in [5.41, 5.74) is 2.25. The average Bonchev–Trinajstić information content (AvgIpc) is 2.15. The van der Waals surface area contributed by atoms with Crippen LogP contribution in [-0.4, -0.2) is 4.98 Å². The van der Waals surface area contributed by atoms with E-state index in [4.69, 9.17) is 11.6 Å². The summed E-state index contributed by atoms with van der Waals surface area (Å²) >= 11 is 8.29.